The van der Waals surface area contributed by atoms with Gasteiger partial charge in [-0.05, 0) is 32.2 Å². The van der Waals surface area contributed by atoms with E-state index >= 15 is 0 Å². The second-order valence-electron chi connectivity index (χ2n) is 5.70. The van der Waals surface area contributed by atoms with Gasteiger partial charge in [0.2, 0.25) is 5.89 Å². The van der Waals surface area contributed by atoms with Gasteiger partial charge in [-0.3, -0.25) is 4.90 Å². The van der Waals surface area contributed by atoms with Crippen molar-refractivity contribution >= 4 is 0 Å². The van der Waals surface area contributed by atoms with E-state index < -0.39 is 0 Å². The largest absolute Gasteiger partial charge is 0.339 e. The minimum absolute atomic E-state index is 0.268. The van der Waals surface area contributed by atoms with Crippen LogP contribution in [0.5, 0.6) is 0 Å². The summed E-state index contributed by atoms with van der Waals surface area (Å²) >= 11 is 0. The first-order valence-corrected chi connectivity index (χ1v) is 6.86. The lowest BCUT2D eigenvalue weighted by Gasteiger charge is -2.33. The first-order valence-electron chi connectivity index (χ1n) is 6.86. The van der Waals surface area contributed by atoms with Gasteiger partial charge in [-0.1, -0.05) is 19.0 Å². The van der Waals surface area contributed by atoms with Gasteiger partial charge in [0.1, 0.15) is 0 Å². The van der Waals surface area contributed by atoms with Crippen molar-refractivity contribution in [2.24, 2.45) is 11.7 Å². The molecule has 18 heavy (non-hydrogen) atoms. The zero-order valence-electron chi connectivity index (χ0n) is 11.6. The smallest absolute Gasteiger partial charge is 0.229 e. The zero-order valence-corrected chi connectivity index (χ0v) is 11.6. The molecule has 0 radical (unpaired) electrons. The van der Waals surface area contributed by atoms with Crippen molar-refractivity contribution in [2.75, 3.05) is 13.1 Å². The second-order valence-corrected chi connectivity index (χ2v) is 5.70. The maximum absolute atomic E-state index is 5.99. The Kier molecular flexibility index (Phi) is 4.35. The summed E-state index contributed by atoms with van der Waals surface area (Å²) in [5.41, 5.74) is 5.99. The van der Waals surface area contributed by atoms with Crippen LogP contribution in [0.25, 0.3) is 0 Å². The van der Waals surface area contributed by atoms with Crippen LogP contribution in [0.4, 0.5) is 0 Å². The Balaban J connectivity index is 1.92. The standard InChI is InChI=1S/C13H24N4O/c1-9(2)13-15-12(16-18-13)8-17-6-4-5-11(7-17)10(3)14/h9-11H,4-8,14H2,1-3H3. The van der Waals surface area contributed by atoms with Crippen LogP contribution in [-0.2, 0) is 6.54 Å². The lowest BCUT2D eigenvalue weighted by atomic mass is 9.92. The maximum atomic E-state index is 5.99. The Morgan fingerprint density at radius 1 is 1.44 bits per heavy atom. The fourth-order valence-electron chi connectivity index (χ4n) is 2.43. The second kappa shape index (κ2) is 5.80. The van der Waals surface area contributed by atoms with E-state index in [9.17, 15) is 0 Å². The molecule has 2 N–H and O–H groups in total. The molecule has 2 atom stereocenters. The van der Waals surface area contributed by atoms with E-state index in [4.69, 9.17) is 10.3 Å². The van der Waals surface area contributed by atoms with E-state index in [2.05, 4.69) is 35.8 Å². The summed E-state index contributed by atoms with van der Waals surface area (Å²) in [5, 5.41) is 4.04. The lowest BCUT2D eigenvalue weighted by molar-refractivity contribution is 0.150. The topological polar surface area (TPSA) is 68.2 Å². The van der Waals surface area contributed by atoms with Crippen LogP contribution in [0.3, 0.4) is 0 Å². The highest BCUT2D eigenvalue weighted by Gasteiger charge is 2.23. The van der Waals surface area contributed by atoms with E-state index in [0.717, 1.165) is 31.3 Å². The predicted molar refractivity (Wildman–Crippen MR) is 70.0 cm³/mol. The van der Waals surface area contributed by atoms with Crippen LogP contribution >= 0.6 is 0 Å². The Hall–Kier alpha value is -0.940. The Bertz CT molecular complexity index is 375. The molecular formula is C13H24N4O. The van der Waals surface area contributed by atoms with Gasteiger partial charge >= 0.3 is 0 Å². The van der Waals surface area contributed by atoms with Gasteiger partial charge in [-0.15, -0.1) is 0 Å². The number of hydrogen-bond donors (Lipinski definition) is 1. The van der Waals surface area contributed by atoms with Crippen molar-refractivity contribution in [1.29, 1.82) is 0 Å². The lowest BCUT2D eigenvalue weighted by Crippen LogP contribution is -2.42. The van der Waals surface area contributed by atoms with Gasteiger partial charge in [0.15, 0.2) is 5.82 Å². The molecule has 0 spiro atoms. The molecule has 1 saturated heterocycles. The molecule has 1 aliphatic rings. The van der Waals surface area contributed by atoms with E-state index in [1.54, 1.807) is 0 Å². The predicted octanol–water partition coefficient (Wildman–Crippen LogP) is 1.75. The number of likely N-dealkylation sites (tertiary alicyclic amines) is 1. The molecule has 0 saturated carbocycles. The number of nitrogens with zero attached hydrogens (tertiary/aromatic N) is 3. The summed E-state index contributed by atoms with van der Waals surface area (Å²) in [6.45, 7) is 9.14. The van der Waals surface area contributed by atoms with Gasteiger partial charge in [0.25, 0.3) is 0 Å². The van der Waals surface area contributed by atoms with Crippen molar-refractivity contribution in [3.8, 4) is 0 Å². The molecule has 102 valence electrons. The highest BCUT2D eigenvalue weighted by molar-refractivity contribution is 4.91. The summed E-state index contributed by atoms with van der Waals surface area (Å²) in [6, 6.07) is 0.268. The molecule has 0 amide bonds. The average molecular weight is 252 g/mol. The maximum Gasteiger partial charge on any atom is 0.229 e. The average Bonchev–Trinajstić information content (AvgIpc) is 2.78. The van der Waals surface area contributed by atoms with Gasteiger partial charge in [-0.25, -0.2) is 0 Å². The van der Waals surface area contributed by atoms with Crippen LogP contribution < -0.4 is 5.73 Å². The van der Waals surface area contributed by atoms with Crippen molar-refractivity contribution in [3.63, 3.8) is 0 Å². The zero-order chi connectivity index (χ0) is 13.1. The van der Waals surface area contributed by atoms with Gasteiger partial charge in [0, 0.05) is 18.5 Å². The van der Waals surface area contributed by atoms with Gasteiger partial charge in [0.05, 0.1) is 6.54 Å². The van der Waals surface area contributed by atoms with Crippen LogP contribution in [0, 0.1) is 5.92 Å². The molecule has 1 aromatic rings. The fraction of sp³-hybridized carbons (Fsp3) is 0.846. The molecule has 2 heterocycles. The van der Waals surface area contributed by atoms with Crippen molar-refractivity contribution < 1.29 is 4.52 Å². The van der Waals surface area contributed by atoms with Crippen molar-refractivity contribution in [1.82, 2.24) is 15.0 Å². The Morgan fingerprint density at radius 2 is 2.22 bits per heavy atom. The van der Waals surface area contributed by atoms with Crippen LogP contribution in [0.1, 0.15) is 51.2 Å². The van der Waals surface area contributed by atoms with E-state index in [0.29, 0.717) is 11.8 Å². The quantitative estimate of drug-likeness (QED) is 0.884. The number of piperidine rings is 1. The molecule has 0 aliphatic carbocycles. The summed E-state index contributed by atoms with van der Waals surface area (Å²) in [6.07, 6.45) is 2.44. The first kappa shape index (κ1) is 13.5. The molecule has 5 nitrogen and oxygen atoms in total. The number of aromatic nitrogens is 2. The number of rotatable bonds is 4. The summed E-state index contributed by atoms with van der Waals surface area (Å²) in [4.78, 5) is 6.80. The fourth-order valence-corrected chi connectivity index (χ4v) is 2.43. The third kappa shape index (κ3) is 3.29. The molecule has 0 bridgehead atoms. The molecule has 2 unspecified atom stereocenters. The monoisotopic (exact) mass is 252 g/mol. The normalized spacial score (nSPS) is 23.5. The van der Waals surface area contributed by atoms with Crippen LogP contribution in [0.15, 0.2) is 4.52 Å². The molecule has 1 aromatic heterocycles. The van der Waals surface area contributed by atoms with Gasteiger partial charge in [-0.2, -0.15) is 4.98 Å². The van der Waals surface area contributed by atoms with Crippen LogP contribution in [0.2, 0.25) is 0 Å². The van der Waals surface area contributed by atoms with E-state index in [1.165, 1.54) is 12.8 Å². The molecule has 1 aliphatic heterocycles. The Labute approximate surface area is 109 Å². The highest BCUT2D eigenvalue weighted by atomic mass is 16.5. The highest BCUT2D eigenvalue weighted by Crippen LogP contribution is 2.20. The van der Waals surface area contributed by atoms with Crippen molar-refractivity contribution in [2.45, 2.75) is 52.1 Å². The number of nitrogens with two attached hydrogens (primary N) is 1. The van der Waals surface area contributed by atoms with Gasteiger partial charge < -0.3 is 10.3 Å². The summed E-state index contributed by atoms with van der Waals surface area (Å²) in [5.74, 6) is 2.41. The summed E-state index contributed by atoms with van der Waals surface area (Å²) in [7, 11) is 0. The Morgan fingerprint density at radius 3 is 2.83 bits per heavy atom. The van der Waals surface area contributed by atoms with E-state index in [-0.39, 0.29) is 6.04 Å². The molecular weight excluding hydrogens is 228 g/mol. The SMILES string of the molecule is CC(C)c1nc(CN2CCCC(C(C)N)C2)no1. The third-order valence-electron chi connectivity index (χ3n) is 3.63. The van der Waals surface area contributed by atoms with Crippen molar-refractivity contribution in [3.05, 3.63) is 11.7 Å². The molecule has 0 aromatic carbocycles. The molecule has 1 fully saturated rings. The van der Waals surface area contributed by atoms with E-state index in [1.807, 2.05) is 0 Å². The third-order valence-corrected chi connectivity index (χ3v) is 3.63. The van der Waals surface area contributed by atoms with Crippen LogP contribution in [-0.4, -0.2) is 34.2 Å². The molecule has 5 heteroatoms. The minimum Gasteiger partial charge on any atom is -0.339 e. The summed E-state index contributed by atoms with van der Waals surface area (Å²) < 4.78 is 5.23. The number of hydrogen-bond acceptors (Lipinski definition) is 5. The molecule has 2 rings (SSSR count). The first-order chi connectivity index (χ1) is 8.56. The minimum atomic E-state index is 0.268.